The summed E-state index contributed by atoms with van der Waals surface area (Å²) in [4.78, 5) is 4.13. The van der Waals surface area contributed by atoms with Crippen molar-refractivity contribution in [3.63, 3.8) is 0 Å². The fourth-order valence-electron chi connectivity index (χ4n) is 1.43. The van der Waals surface area contributed by atoms with Gasteiger partial charge in [-0.05, 0) is 47.1 Å². The van der Waals surface area contributed by atoms with Gasteiger partial charge in [0.15, 0.2) is 0 Å². The minimum atomic E-state index is -3.49. The average molecular weight is 347 g/mol. The number of halogens is 1. The van der Waals surface area contributed by atoms with Crippen LogP contribution in [0.2, 0.25) is 0 Å². The fourth-order valence-corrected chi connectivity index (χ4v) is 4.67. The molecule has 0 spiro atoms. The molecule has 2 heterocycles. The summed E-state index contributed by atoms with van der Waals surface area (Å²) in [5.41, 5.74) is 0.691. The van der Waals surface area contributed by atoms with E-state index in [-0.39, 0.29) is 10.3 Å². The van der Waals surface area contributed by atoms with Crippen molar-refractivity contribution in [1.29, 1.82) is 0 Å². The van der Waals surface area contributed by atoms with Gasteiger partial charge in [-0.15, -0.1) is 11.3 Å². The van der Waals surface area contributed by atoms with Gasteiger partial charge in [-0.3, -0.25) is 4.98 Å². The largest absolute Gasteiger partial charge is 0.260 e. The molecule has 1 unspecified atom stereocenters. The Morgan fingerprint density at radius 3 is 2.67 bits per heavy atom. The van der Waals surface area contributed by atoms with E-state index in [2.05, 4.69) is 25.6 Å². The Labute approximate surface area is 118 Å². The third-order valence-electron chi connectivity index (χ3n) is 2.28. The first kappa shape index (κ1) is 13.7. The Bertz CT molecular complexity index is 626. The number of aromatic nitrogens is 1. The zero-order chi connectivity index (χ0) is 13.2. The van der Waals surface area contributed by atoms with Crippen LogP contribution in [0.5, 0.6) is 0 Å². The molecule has 96 valence electrons. The van der Waals surface area contributed by atoms with Gasteiger partial charge in [-0.2, -0.15) is 0 Å². The summed E-state index contributed by atoms with van der Waals surface area (Å²) in [7, 11) is -3.49. The van der Waals surface area contributed by atoms with Gasteiger partial charge in [0.05, 0.1) is 15.5 Å². The summed E-state index contributed by atoms with van der Waals surface area (Å²) >= 11 is 4.43. The molecule has 0 amide bonds. The molecule has 7 heteroatoms. The van der Waals surface area contributed by atoms with E-state index in [0.717, 1.165) is 3.79 Å². The predicted molar refractivity (Wildman–Crippen MR) is 75.0 cm³/mol. The molecule has 2 aromatic heterocycles. The summed E-state index contributed by atoms with van der Waals surface area (Å²) < 4.78 is 27.8. The van der Waals surface area contributed by atoms with E-state index >= 15 is 0 Å². The van der Waals surface area contributed by atoms with Gasteiger partial charge in [0.1, 0.15) is 4.21 Å². The van der Waals surface area contributed by atoms with Crippen LogP contribution < -0.4 is 4.72 Å². The number of nitrogens with zero attached hydrogens (tertiary/aromatic N) is 1. The van der Waals surface area contributed by atoms with Crippen molar-refractivity contribution in [3.8, 4) is 0 Å². The van der Waals surface area contributed by atoms with Crippen molar-refractivity contribution < 1.29 is 8.42 Å². The molecule has 18 heavy (non-hydrogen) atoms. The van der Waals surface area contributed by atoms with E-state index in [1.54, 1.807) is 37.4 Å². The Hall–Kier alpha value is -0.760. The van der Waals surface area contributed by atoms with Gasteiger partial charge in [0, 0.05) is 6.20 Å². The van der Waals surface area contributed by atoms with Crippen LogP contribution in [0, 0.1) is 0 Å². The van der Waals surface area contributed by atoms with Crippen molar-refractivity contribution in [3.05, 3.63) is 46.0 Å². The number of thiophene rings is 1. The lowest BCUT2D eigenvalue weighted by molar-refractivity contribution is 0.566. The highest BCUT2D eigenvalue weighted by molar-refractivity contribution is 9.11. The van der Waals surface area contributed by atoms with E-state index in [0.29, 0.717) is 5.69 Å². The molecule has 2 aromatic rings. The molecule has 0 fully saturated rings. The molecule has 0 aliphatic heterocycles. The number of nitrogens with one attached hydrogen (secondary N) is 1. The molecule has 1 atom stereocenters. The summed E-state index contributed by atoms with van der Waals surface area (Å²) in [6.07, 6.45) is 1.64. The first-order valence-corrected chi connectivity index (χ1v) is 8.27. The number of pyridine rings is 1. The zero-order valence-corrected chi connectivity index (χ0v) is 12.7. The molecule has 0 saturated heterocycles. The van der Waals surface area contributed by atoms with Gasteiger partial charge in [-0.1, -0.05) is 6.07 Å². The summed E-state index contributed by atoms with van der Waals surface area (Å²) in [6.45, 7) is 1.77. The smallest absolute Gasteiger partial charge is 0.250 e. The normalized spacial score (nSPS) is 13.4. The second-order valence-corrected chi connectivity index (χ2v) is 8.06. The Balaban J connectivity index is 2.19. The van der Waals surface area contributed by atoms with Gasteiger partial charge in [0.2, 0.25) is 0 Å². The van der Waals surface area contributed by atoms with Crippen LogP contribution in [-0.2, 0) is 10.0 Å². The molecule has 0 saturated carbocycles. The van der Waals surface area contributed by atoms with Crippen LogP contribution in [0.3, 0.4) is 0 Å². The van der Waals surface area contributed by atoms with Crippen LogP contribution in [0.1, 0.15) is 18.7 Å². The molecule has 0 aromatic carbocycles. The summed E-state index contributed by atoms with van der Waals surface area (Å²) in [5, 5.41) is 0. The third kappa shape index (κ3) is 3.17. The SMILES string of the molecule is CC(NS(=O)(=O)c1ccc(Br)s1)c1ccccn1. The summed E-state index contributed by atoms with van der Waals surface area (Å²) in [5.74, 6) is 0. The van der Waals surface area contributed by atoms with Crippen molar-refractivity contribution in [2.75, 3.05) is 0 Å². The van der Waals surface area contributed by atoms with E-state index in [4.69, 9.17) is 0 Å². The summed E-state index contributed by atoms with van der Waals surface area (Å²) in [6, 6.07) is 8.33. The van der Waals surface area contributed by atoms with Crippen LogP contribution in [0.25, 0.3) is 0 Å². The van der Waals surface area contributed by atoms with Crippen molar-refractivity contribution in [2.24, 2.45) is 0 Å². The Morgan fingerprint density at radius 2 is 2.11 bits per heavy atom. The quantitative estimate of drug-likeness (QED) is 0.925. The standard InChI is InChI=1S/C11H11BrN2O2S2/c1-8(9-4-2-3-7-13-9)14-18(15,16)11-6-5-10(12)17-11/h2-8,14H,1H3. The van der Waals surface area contributed by atoms with Crippen LogP contribution in [0.4, 0.5) is 0 Å². The van der Waals surface area contributed by atoms with Crippen molar-refractivity contribution >= 4 is 37.3 Å². The topological polar surface area (TPSA) is 59.1 Å². The lowest BCUT2D eigenvalue weighted by Crippen LogP contribution is -2.26. The molecule has 0 radical (unpaired) electrons. The van der Waals surface area contributed by atoms with E-state index in [1.165, 1.54) is 11.3 Å². The molecule has 1 N–H and O–H groups in total. The highest BCUT2D eigenvalue weighted by Gasteiger charge is 2.20. The van der Waals surface area contributed by atoms with Gasteiger partial charge in [0.25, 0.3) is 10.0 Å². The minimum absolute atomic E-state index is 0.289. The minimum Gasteiger partial charge on any atom is -0.260 e. The Kier molecular flexibility index (Phi) is 4.16. The maximum absolute atomic E-state index is 12.1. The lowest BCUT2D eigenvalue weighted by atomic mass is 10.2. The van der Waals surface area contributed by atoms with Gasteiger partial charge < -0.3 is 0 Å². The molecule has 2 rings (SSSR count). The second-order valence-electron chi connectivity index (χ2n) is 3.66. The number of rotatable bonds is 4. The molecule has 4 nitrogen and oxygen atoms in total. The average Bonchev–Trinajstić information content (AvgIpc) is 2.77. The van der Waals surface area contributed by atoms with E-state index < -0.39 is 10.0 Å². The molecule has 0 aliphatic rings. The fraction of sp³-hybridized carbons (Fsp3) is 0.182. The first-order chi connectivity index (χ1) is 8.49. The predicted octanol–water partition coefficient (Wildman–Crippen LogP) is 2.95. The van der Waals surface area contributed by atoms with Crippen LogP contribution in [-0.4, -0.2) is 13.4 Å². The van der Waals surface area contributed by atoms with Crippen molar-refractivity contribution in [2.45, 2.75) is 17.2 Å². The Morgan fingerprint density at radius 1 is 1.33 bits per heavy atom. The molecule has 0 bridgehead atoms. The number of sulfonamides is 1. The molecular formula is C11H11BrN2O2S2. The third-order valence-corrected chi connectivity index (χ3v) is 5.93. The zero-order valence-electron chi connectivity index (χ0n) is 9.50. The second kappa shape index (κ2) is 5.48. The highest BCUT2D eigenvalue weighted by atomic mass is 79.9. The molecular weight excluding hydrogens is 336 g/mol. The van der Waals surface area contributed by atoms with Crippen LogP contribution in [0.15, 0.2) is 44.5 Å². The van der Waals surface area contributed by atoms with Gasteiger partial charge in [-0.25, -0.2) is 13.1 Å². The maximum atomic E-state index is 12.1. The first-order valence-electron chi connectivity index (χ1n) is 5.17. The van der Waals surface area contributed by atoms with Crippen LogP contribution >= 0.6 is 27.3 Å². The molecule has 0 aliphatic carbocycles. The number of hydrogen-bond donors (Lipinski definition) is 1. The van der Waals surface area contributed by atoms with E-state index in [1.807, 2.05) is 6.07 Å². The van der Waals surface area contributed by atoms with E-state index in [9.17, 15) is 8.42 Å². The van der Waals surface area contributed by atoms with Gasteiger partial charge >= 0.3 is 0 Å². The highest BCUT2D eigenvalue weighted by Crippen LogP contribution is 2.26. The monoisotopic (exact) mass is 346 g/mol. The van der Waals surface area contributed by atoms with Crippen molar-refractivity contribution in [1.82, 2.24) is 9.71 Å². The lowest BCUT2D eigenvalue weighted by Gasteiger charge is -2.12. The maximum Gasteiger partial charge on any atom is 0.250 e. The number of hydrogen-bond acceptors (Lipinski definition) is 4.